The van der Waals surface area contributed by atoms with E-state index in [1.54, 1.807) is 55.8 Å². The van der Waals surface area contributed by atoms with E-state index in [9.17, 15) is 13.2 Å². The third-order valence-electron chi connectivity index (χ3n) is 4.00. The fourth-order valence-electron chi connectivity index (χ4n) is 2.70. The lowest BCUT2D eigenvalue weighted by molar-refractivity contribution is 0.0528. The Morgan fingerprint density at radius 2 is 2.00 bits per heavy atom. The molecule has 2 N–H and O–H groups in total. The first-order valence-electron chi connectivity index (χ1n) is 9.33. The quantitative estimate of drug-likeness (QED) is 0.537. The molecule has 0 saturated carbocycles. The maximum atomic E-state index is 12.6. The van der Waals surface area contributed by atoms with Gasteiger partial charge in [-0.2, -0.15) is 11.3 Å². The van der Waals surface area contributed by atoms with E-state index in [1.807, 2.05) is 12.1 Å². The second-order valence-corrected chi connectivity index (χ2v) is 10.1. The summed E-state index contributed by atoms with van der Waals surface area (Å²) in [5.41, 5.74) is 1.39. The average Bonchev–Trinajstić information content (AvgIpc) is 3.35. The van der Waals surface area contributed by atoms with Gasteiger partial charge in [0.25, 0.3) is 10.0 Å². The number of benzene rings is 1. The molecule has 0 spiro atoms. The molecule has 160 valence electrons. The lowest BCUT2D eigenvalue weighted by atomic mass is 10.0. The third kappa shape index (κ3) is 5.87. The smallest absolute Gasteiger partial charge is 0.407 e. The van der Waals surface area contributed by atoms with E-state index < -0.39 is 21.7 Å². The Morgan fingerprint density at radius 3 is 2.63 bits per heavy atom. The second kappa shape index (κ2) is 8.93. The van der Waals surface area contributed by atoms with Crippen LogP contribution in [-0.2, 0) is 21.2 Å². The van der Waals surface area contributed by atoms with E-state index in [1.165, 1.54) is 17.6 Å². The van der Waals surface area contributed by atoms with Gasteiger partial charge < -0.3 is 14.5 Å². The van der Waals surface area contributed by atoms with Crippen molar-refractivity contribution in [1.82, 2.24) is 5.32 Å². The van der Waals surface area contributed by atoms with Gasteiger partial charge in [0.2, 0.25) is 0 Å². The molecule has 0 bridgehead atoms. The second-order valence-electron chi connectivity index (χ2n) is 7.60. The fourth-order valence-corrected chi connectivity index (χ4v) is 4.81. The van der Waals surface area contributed by atoms with Crippen LogP contribution in [0.5, 0.6) is 0 Å². The summed E-state index contributed by atoms with van der Waals surface area (Å²) >= 11 is 1.31. The number of alkyl carbamates (subject to hydrolysis) is 1. The molecule has 0 fully saturated rings. The average molecular weight is 449 g/mol. The SMILES string of the molecule is CC(C)(C)OC(=O)NCCc1ccc(NS(=O)(=O)c2ccsc2)c(-c2ccco2)c1. The Balaban J connectivity index is 1.77. The zero-order chi connectivity index (χ0) is 21.8. The number of anilines is 1. The highest BCUT2D eigenvalue weighted by Crippen LogP contribution is 2.31. The number of hydrogen-bond donors (Lipinski definition) is 2. The van der Waals surface area contributed by atoms with Crippen molar-refractivity contribution in [2.24, 2.45) is 0 Å². The number of carbonyl (C=O) groups excluding carboxylic acids is 1. The molecular formula is C21H24N2O5S2. The lowest BCUT2D eigenvalue weighted by Crippen LogP contribution is -2.33. The molecule has 3 aromatic rings. The number of rotatable bonds is 7. The molecule has 0 aliphatic heterocycles. The van der Waals surface area contributed by atoms with Crippen LogP contribution in [0.4, 0.5) is 10.5 Å². The molecule has 7 nitrogen and oxygen atoms in total. The molecule has 0 aliphatic carbocycles. The molecule has 3 rings (SSSR count). The number of sulfonamides is 1. The van der Waals surface area contributed by atoms with Gasteiger partial charge >= 0.3 is 6.09 Å². The summed E-state index contributed by atoms with van der Waals surface area (Å²) in [6.07, 6.45) is 1.60. The summed E-state index contributed by atoms with van der Waals surface area (Å²) < 4.78 is 38.6. The summed E-state index contributed by atoms with van der Waals surface area (Å²) in [4.78, 5) is 12.0. The van der Waals surface area contributed by atoms with E-state index in [2.05, 4.69) is 10.0 Å². The zero-order valence-corrected chi connectivity index (χ0v) is 18.6. The van der Waals surface area contributed by atoms with E-state index in [-0.39, 0.29) is 4.90 Å². The highest BCUT2D eigenvalue weighted by Gasteiger charge is 2.19. The standard InChI is InChI=1S/C21H24N2O5S2/c1-21(2,3)28-20(24)22-10-8-15-6-7-18(17(13-15)19-5-4-11-27-19)23-30(25,26)16-9-12-29-14-16/h4-7,9,11-14,23H,8,10H2,1-3H3,(H,22,24). The van der Waals surface area contributed by atoms with Crippen molar-refractivity contribution in [2.75, 3.05) is 11.3 Å². The third-order valence-corrected chi connectivity index (χ3v) is 6.20. The molecule has 30 heavy (non-hydrogen) atoms. The van der Waals surface area contributed by atoms with Gasteiger partial charge in [0, 0.05) is 17.5 Å². The van der Waals surface area contributed by atoms with Crippen LogP contribution >= 0.6 is 11.3 Å². The molecule has 1 aromatic carbocycles. The van der Waals surface area contributed by atoms with Gasteiger partial charge in [0.15, 0.2) is 0 Å². The Bertz CT molecular complexity index is 1080. The molecule has 2 aromatic heterocycles. The Hall–Kier alpha value is -2.78. The minimum atomic E-state index is -3.70. The summed E-state index contributed by atoms with van der Waals surface area (Å²) in [6.45, 7) is 5.79. The fraction of sp³-hybridized carbons (Fsp3) is 0.286. The molecule has 9 heteroatoms. The molecule has 0 unspecified atom stereocenters. The largest absolute Gasteiger partial charge is 0.464 e. The monoisotopic (exact) mass is 448 g/mol. The van der Waals surface area contributed by atoms with Crippen molar-refractivity contribution in [3.63, 3.8) is 0 Å². The Kier molecular flexibility index (Phi) is 6.52. The Labute approximate surface area is 180 Å². The summed E-state index contributed by atoms with van der Waals surface area (Å²) in [6, 6.07) is 10.4. The van der Waals surface area contributed by atoms with Crippen LogP contribution in [-0.4, -0.2) is 26.7 Å². The minimum absolute atomic E-state index is 0.212. The van der Waals surface area contributed by atoms with E-state index in [0.29, 0.717) is 30.0 Å². The number of carbonyl (C=O) groups is 1. The number of nitrogens with one attached hydrogen (secondary N) is 2. The predicted octanol–water partition coefficient (Wildman–Crippen LogP) is 4.88. The number of thiophene rings is 1. The highest BCUT2D eigenvalue weighted by molar-refractivity contribution is 7.92. The molecule has 0 atom stereocenters. The van der Waals surface area contributed by atoms with Crippen LogP contribution in [0.3, 0.4) is 0 Å². The number of hydrogen-bond acceptors (Lipinski definition) is 6. The molecule has 0 radical (unpaired) electrons. The summed E-state index contributed by atoms with van der Waals surface area (Å²) in [5, 5.41) is 6.00. The van der Waals surface area contributed by atoms with Gasteiger partial charge in [-0.15, -0.1) is 0 Å². The molecule has 1 amide bonds. The van der Waals surface area contributed by atoms with E-state index in [4.69, 9.17) is 9.15 Å². The zero-order valence-electron chi connectivity index (χ0n) is 17.0. The minimum Gasteiger partial charge on any atom is -0.464 e. The number of furan rings is 1. The van der Waals surface area contributed by atoms with E-state index in [0.717, 1.165) is 5.56 Å². The Morgan fingerprint density at radius 1 is 1.20 bits per heavy atom. The van der Waals surface area contributed by atoms with Crippen molar-refractivity contribution in [2.45, 2.75) is 37.7 Å². The number of amides is 1. The van der Waals surface area contributed by atoms with Gasteiger partial charge in [-0.05, 0) is 68.5 Å². The van der Waals surface area contributed by atoms with Gasteiger partial charge in [0.1, 0.15) is 11.4 Å². The first-order chi connectivity index (χ1) is 14.1. The van der Waals surface area contributed by atoms with Crippen molar-refractivity contribution in [3.05, 3.63) is 59.0 Å². The van der Waals surface area contributed by atoms with Crippen LogP contribution in [0.25, 0.3) is 11.3 Å². The summed E-state index contributed by atoms with van der Waals surface area (Å²) in [5.74, 6) is 0.542. The van der Waals surface area contributed by atoms with Gasteiger partial charge in [-0.25, -0.2) is 13.2 Å². The maximum Gasteiger partial charge on any atom is 0.407 e. The number of ether oxygens (including phenoxy) is 1. The predicted molar refractivity (Wildman–Crippen MR) is 117 cm³/mol. The first-order valence-corrected chi connectivity index (χ1v) is 11.8. The van der Waals surface area contributed by atoms with Gasteiger partial charge in [-0.3, -0.25) is 4.72 Å². The molecule has 2 heterocycles. The highest BCUT2D eigenvalue weighted by atomic mass is 32.2. The molecule has 0 saturated heterocycles. The van der Waals surface area contributed by atoms with Crippen LogP contribution in [0, 0.1) is 0 Å². The van der Waals surface area contributed by atoms with Crippen LogP contribution < -0.4 is 10.0 Å². The first kappa shape index (κ1) is 21.9. The molecular weight excluding hydrogens is 424 g/mol. The van der Waals surface area contributed by atoms with Gasteiger partial charge in [-0.1, -0.05) is 6.07 Å². The normalized spacial score (nSPS) is 11.8. The van der Waals surface area contributed by atoms with Crippen LogP contribution in [0.1, 0.15) is 26.3 Å². The maximum absolute atomic E-state index is 12.6. The topological polar surface area (TPSA) is 97.6 Å². The lowest BCUT2D eigenvalue weighted by Gasteiger charge is -2.19. The van der Waals surface area contributed by atoms with Crippen LogP contribution in [0.2, 0.25) is 0 Å². The van der Waals surface area contributed by atoms with Crippen LogP contribution in [0.15, 0.2) is 62.7 Å². The van der Waals surface area contributed by atoms with Gasteiger partial charge in [0.05, 0.1) is 16.8 Å². The van der Waals surface area contributed by atoms with E-state index >= 15 is 0 Å². The van der Waals surface area contributed by atoms with Crippen molar-refractivity contribution in [3.8, 4) is 11.3 Å². The summed E-state index contributed by atoms with van der Waals surface area (Å²) in [7, 11) is -3.70. The van der Waals surface area contributed by atoms with Crippen molar-refractivity contribution < 1.29 is 22.4 Å². The van der Waals surface area contributed by atoms with Crippen molar-refractivity contribution in [1.29, 1.82) is 0 Å². The molecule has 0 aliphatic rings. The van der Waals surface area contributed by atoms with Crippen molar-refractivity contribution >= 4 is 33.1 Å².